The first kappa shape index (κ1) is 19.7. The number of rotatable bonds is 7. The summed E-state index contributed by atoms with van der Waals surface area (Å²) in [5, 5.41) is 2.83. The summed E-state index contributed by atoms with van der Waals surface area (Å²) in [4.78, 5) is 32.8. The number of nitrogens with zero attached hydrogens (tertiary/aromatic N) is 3. The highest BCUT2D eigenvalue weighted by Crippen LogP contribution is 2.13. The Morgan fingerprint density at radius 3 is 2.46 bits per heavy atom. The second kappa shape index (κ2) is 9.73. The van der Waals surface area contributed by atoms with Gasteiger partial charge in [-0.05, 0) is 30.2 Å². The molecule has 2 heterocycles. The number of aromatic nitrogens is 1. The van der Waals surface area contributed by atoms with Gasteiger partial charge in [0.2, 0.25) is 11.8 Å². The standard InChI is InChI=1S/C21H27N5O2/c22-18-6-2-1-5-17(18)8-9-20(27)24-12-10-21(28)26-15-13-25(14-16-26)19-7-3-4-11-23-19/h1-7,11H,8-10,12-16,22H2,(H,24,27). The van der Waals surface area contributed by atoms with Gasteiger partial charge in [0.25, 0.3) is 0 Å². The van der Waals surface area contributed by atoms with E-state index in [2.05, 4.69) is 15.2 Å². The summed E-state index contributed by atoms with van der Waals surface area (Å²) in [6.07, 6.45) is 3.07. The van der Waals surface area contributed by atoms with Gasteiger partial charge in [0.1, 0.15) is 5.82 Å². The van der Waals surface area contributed by atoms with Gasteiger partial charge in [-0.15, -0.1) is 0 Å². The normalized spacial score (nSPS) is 14.0. The Kier molecular flexibility index (Phi) is 6.84. The summed E-state index contributed by atoms with van der Waals surface area (Å²) in [7, 11) is 0. The van der Waals surface area contributed by atoms with Gasteiger partial charge in [-0.2, -0.15) is 0 Å². The summed E-state index contributed by atoms with van der Waals surface area (Å²) in [6.45, 7) is 3.26. The molecule has 0 atom stereocenters. The third kappa shape index (κ3) is 5.45. The summed E-state index contributed by atoms with van der Waals surface area (Å²) in [5.74, 6) is 0.963. The summed E-state index contributed by atoms with van der Waals surface area (Å²) in [6, 6.07) is 13.4. The number of pyridine rings is 1. The molecule has 0 saturated carbocycles. The largest absolute Gasteiger partial charge is 0.399 e. The summed E-state index contributed by atoms with van der Waals surface area (Å²) >= 11 is 0. The highest BCUT2D eigenvalue weighted by atomic mass is 16.2. The minimum atomic E-state index is -0.0592. The lowest BCUT2D eigenvalue weighted by molar-refractivity contribution is -0.131. The molecule has 1 aliphatic heterocycles. The van der Waals surface area contributed by atoms with Crippen molar-refractivity contribution in [3.8, 4) is 0 Å². The van der Waals surface area contributed by atoms with Crippen LogP contribution >= 0.6 is 0 Å². The zero-order valence-corrected chi connectivity index (χ0v) is 16.0. The highest BCUT2D eigenvalue weighted by Gasteiger charge is 2.21. The van der Waals surface area contributed by atoms with E-state index in [0.717, 1.165) is 24.5 Å². The van der Waals surface area contributed by atoms with Crippen LogP contribution in [-0.2, 0) is 16.0 Å². The number of para-hydroxylation sites is 1. The van der Waals surface area contributed by atoms with Crippen molar-refractivity contribution >= 4 is 23.3 Å². The number of piperazine rings is 1. The average molecular weight is 381 g/mol. The predicted octanol–water partition coefficient (Wildman–Crippen LogP) is 1.45. The van der Waals surface area contributed by atoms with Crippen molar-refractivity contribution < 1.29 is 9.59 Å². The number of nitrogens with two attached hydrogens (primary N) is 1. The van der Waals surface area contributed by atoms with Crippen LogP contribution < -0.4 is 16.0 Å². The number of aryl methyl sites for hydroxylation is 1. The fourth-order valence-electron chi connectivity index (χ4n) is 3.29. The van der Waals surface area contributed by atoms with Gasteiger partial charge in [-0.1, -0.05) is 24.3 Å². The van der Waals surface area contributed by atoms with Crippen LogP contribution in [0.25, 0.3) is 0 Å². The Labute approximate surface area is 165 Å². The number of carbonyl (C=O) groups is 2. The predicted molar refractivity (Wildman–Crippen MR) is 110 cm³/mol. The molecule has 2 aromatic rings. The molecule has 1 saturated heterocycles. The molecule has 28 heavy (non-hydrogen) atoms. The molecule has 148 valence electrons. The van der Waals surface area contributed by atoms with Crippen molar-refractivity contribution in [1.82, 2.24) is 15.2 Å². The van der Waals surface area contributed by atoms with Gasteiger partial charge in [0, 0.05) is 57.4 Å². The molecular weight excluding hydrogens is 354 g/mol. The van der Waals surface area contributed by atoms with E-state index in [1.807, 2.05) is 47.4 Å². The molecule has 3 N–H and O–H groups in total. The minimum Gasteiger partial charge on any atom is -0.399 e. The second-order valence-electron chi connectivity index (χ2n) is 6.85. The first-order chi connectivity index (χ1) is 13.6. The van der Waals surface area contributed by atoms with E-state index in [1.54, 1.807) is 6.20 Å². The molecule has 0 bridgehead atoms. The van der Waals surface area contributed by atoms with Crippen molar-refractivity contribution in [3.63, 3.8) is 0 Å². The van der Waals surface area contributed by atoms with Gasteiger partial charge in [-0.25, -0.2) is 4.98 Å². The number of nitrogen functional groups attached to an aromatic ring is 1. The van der Waals surface area contributed by atoms with Crippen LogP contribution in [0.5, 0.6) is 0 Å². The molecule has 0 radical (unpaired) electrons. The van der Waals surface area contributed by atoms with Gasteiger partial charge < -0.3 is 20.9 Å². The third-order valence-corrected chi connectivity index (χ3v) is 4.94. The number of hydrogen-bond acceptors (Lipinski definition) is 5. The van der Waals surface area contributed by atoms with E-state index >= 15 is 0 Å². The second-order valence-corrected chi connectivity index (χ2v) is 6.85. The maximum absolute atomic E-state index is 12.4. The lowest BCUT2D eigenvalue weighted by Gasteiger charge is -2.35. The Morgan fingerprint density at radius 2 is 1.75 bits per heavy atom. The number of carbonyl (C=O) groups excluding carboxylic acids is 2. The zero-order valence-electron chi connectivity index (χ0n) is 16.0. The molecule has 0 spiro atoms. The number of nitrogens with one attached hydrogen (secondary N) is 1. The van der Waals surface area contributed by atoms with E-state index in [0.29, 0.717) is 44.6 Å². The van der Waals surface area contributed by atoms with Crippen LogP contribution in [0.1, 0.15) is 18.4 Å². The first-order valence-corrected chi connectivity index (χ1v) is 9.67. The smallest absolute Gasteiger partial charge is 0.224 e. The van der Waals surface area contributed by atoms with E-state index in [4.69, 9.17) is 5.73 Å². The van der Waals surface area contributed by atoms with Crippen LogP contribution in [0.15, 0.2) is 48.7 Å². The van der Waals surface area contributed by atoms with Gasteiger partial charge >= 0.3 is 0 Å². The molecular formula is C21H27N5O2. The van der Waals surface area contributed by atoms with Gasteiger partial charge in [0.15, 0.2) is 0 Å². The molecule has 1 fully saturated rings. The Hall–Kier alpha value is -3.09. The van der Waals surface area contributed by atoms with Crippen molar-refractivity contribution in [3.05, 3.63) is 54.2 Å². The molecule has 1 aromatic heterocycles. The highest BCUT2D eigenvalue weighted by molar-refractivity contribution is 5.79. The van der Waals surface area contributed by atoms with Crippen molar-refractivity contribution in [2.45, 2.75) is 19.3 Å². The van der Waals surface area contributed by atoms with E-state index < -0.39 is 0 Å². The molecule has 1 aliphatic rings. The summed E-state index contributed by atoms with van der Waals surface area (Å²) in [5.41, 5.74) is 7.56. The van der Waals surface area contributed by atoms with Crippen molar-refractivity contribution in [1.29, 1.82) is 0 Å². The van der Waals surface area contributed by atoms with Crippen LogP contribution in [0.2, 0.25) is 0 Å². The fourth-order valence-corrected chi connectivity index (χ4v) is 3.29. The zero-order chi connectivity index (χ0) is 19.8. The molecule has 7 heteroatoms. The third-order valence-electron chi connectivity index (χ3n) is 4.94. The lowest BCUT2D eigenvalue weighted by atomic mass is 10.1. The number of amides is 2. The van der Waals surface area contributed by atoms with Crippen molar-refractivity contribution in [2.75, 3.05) is 43.4 Å². The SMILES string of the molecule is Nc1ccccc1CCC(=O)NCCC(=O)N1CCN(c2ccccn2)CC1. The van der Waals surface area contributed by atoms with Gasteiger partial charge in [-0.3, -0.25) is 9.59 Å². The molecule has 3 rings (SSSR count). The fraction of sp³-hybridized carbons (Fsp3) is 0.381. The van der Waals surface area contributed by atoms with E-state index in [1.165, 1.54) is 0 Å². The topological polar surface area (TPSA) is 91.6 Å². The quantitative estimate of drug-likeness (QED) is 0.709. The Morgan fingerprint density at radius 1 is 1.00 bits per heavy atom. The summed E-state index contributed by atoms with van der Waals surface area (Å²) < 4.78 is 0. The van der Waals surface area contributed by atoms with Crippen molar-refractivity contribution in [2.24, 2.45) is 0 Å². The van der Waals surface area contributed by atoms with Crippen LogP contribution in [0.3, 0.4) is 0 Å². The maximum Gasteiger partial charge on any atom is 0.224 e. The van der Waals surface area contributed by atoms with Gasteiger partial charge in [0.05, 0.1) is 0 Å². The molecule has 0 unspecified atom stereocenters. The van der Waals surface area contributed by atoms with E-state index in [-0.39, 0.29) is 11.8 Å². The Balaban J connectivity index is 1.33. The Bertz CT molecular complexity index is 788. The van der Waals surface area contributed by atoms with E-state index in [9.17, 15) is 9.59 Å². The average Bonchev–Trinajstić information content (AvgIpc) is 2.74. The van der Waals surface area contributed by atoms with Crippen LogP contribution in [0, 0.1) is 0 Å². The monoisotopic (exact) mass is 381 g/mol. The minimum absolute atomic E-state index is 0.0592. The number of hydrogen-bond donors (Lipinski definition) is 2. The molecule has 7 nitrogen and oxygen atoms in total. The van der Waals surface area contributed by atoms with Crippen LogP contribution in [-0.4, -0.2) is 54.4 Å². The molecule has 1 aromatic carbocycles. The first-order valence-electron chi connectivity index (χ1n) is 9.67. The number of benzene rings is 1. The van der Waals surface area contributed by atoms with Crippen LogP contribution in [0.4, 0.5) is 11.5 Å². The maximum atomic E-state index is 12.4. The lowest BCUT2D eigenvalue weighted by Crippen LogP contribution is -2.49. The molecule has 0 aliphatic carbocycles. The molecule has 2 amide bonds. The number of anilines is 2.